The highest BCUT2D eigenvalue weighted by Crippen LogP contribution is 2.25. The van der Waals surface area contributed by atoms with Crippen molar-refractivity contribution in [1.82, 2.24) is 14.7 Å². The molecular weight excluding hydrogens is 262 g/mol. The summed E-state index contributed by atoms with van der Waals surface area (Å²) < 4.78 is 7.00. The van der Waals surface area contributed by atoms with Crippen LogP contribution < -0.4 is 4.74 Å². The van der Waals surface area contributed by atoms with Crippen molar-refractivity contribution >= 4 is 5.57 Å². The van der Waals surface area contributed by atoms with E-state index in [1.54, 1.807) is 7.11 Å². The summed E-state index contributed by atoms with van der Waals surface area (Å²) in [4.78, 5) is 2.33. The van der Waals surface area contributed by atoms with Gasteiger partial charge in [-0.3, -0.25) is 0 Å². The number of aryl methyl sites for hydroxylation is 1. The Morgan fingerprint density at radius 3 is 2.71 bits per heavy atom. The number of benzene rings is 1. The molecule has 1 aromatic heterocycles. The maximum Gasteiger partial charge on any atom is 0.232 e. The van der Waals surface area contributed by atoms with Gasteiger partial charge in [0.1, 0.15) is 0 Å². The lowest BCUT2D eigenvalue weighted by Gasteiger charge is -2.22. The van der Waals surface area contributed by atoms with Gasteiger partial charge in [0.2, 0.25) is 5.88 Å². The molecule has 0 saturated heterocycles. The summed E-state index contributed by atoms with van der Waals surface area (Å²) in [6, 6.07) is 8.44. The van der Waals surface area contributed by atoms with Gasteiger partial charge in [0.25, 0.3) is 0 Å². The van der Waals surface area contributed by atoms with E-state index in [0.717, 1.165) is 25.2 Å². The average molecular weight is 283 g/mol. The first kappa shape index (κ1) is 13.9. The van der Waals surface area contributed by atoms with Gasteiger partial charge >= 0.3 is 0 Å². The van der Waals surface area contributed by atoms with Crippen LogP contribution in [-0.4, -0.2) is 41.9 Å². The zero-order valence-corrected chi connectivity index (χ0v) is 12.8. The van der Waals surface area contributed by atoms with Crippen molar-refractivity contribution in [2.24, 2.45) is 0 Å². The molecule has 4 nitrogen and oxygen atoms in total. The molecule has 21 heavy (non-hydrogen) atoms. The molecule has 0 fully saturated rings. The predicted molar refractivity (Wildman–Crippen MR) is 84.9 cm³/mol. The third kappa shape index (κ3) is 2.85. The van der Waals surface area contributed by atoms with Gasteiger partial charge in [-0.1, -0.05) is 12.1 Å². The summed E-state index contributed by atoms with van der Waals surface area (Å²) in [5.74, 6) is 0.636. The zero-order valence-electron chi connectivity index (χ0n) is 12.8. The molecule has 0 unspecified atom stereocenters. The van der Waals surface area contributed by atoms with Crippen LogP contribution in [0.5, 0.6) is 5.88 Å². The van der Waals surface area contributed by atoms with Crippen molar-refractivity contribution in [2.45, 2.75) is 13.3 Å². The van der Waals surface area contributed by atoms with E-state index >= 15 is 0 Å². The normalized spacial score (nSPS) is 15.9. The van der Waals surface area contributed by atoms with Crippen LogP contribution in [-0.2, 0) is 0 Å². The number of nitrogens with zero attached hydrogens (tertiary/aromatic N) is 3. The van der Waals surface area contributed by atoms with Gasteiger partial charge in [-0.2, -0.15) is 0 Å². The average Bonchev–Trinajstić information content (AvgIpc) is 2.96. The van der Waals surface area contributed by atoms with Crippen molar-refractivity contribution in [2.75, 3.05) is 27.2 Å². The summed E-state index contributed by atoms with van der Waals surface area (Å²) in [5.41, 5.74) is 5.08. The predicted octanol–water partition coefficient (Wildman–Crippen LogP) is 2.91. The molecule has 1 aromatic carbocycles. The van der Waals surface area contributed by atoms with Crippen molar-refractivity contribution in [1.29, 1.82) is 0 Å². The van der Waals surface area contributed by atoms with E-state index in [1.165, 1.54) is 16.7 Å². The maximum atomic E-state index is 5.14. The van der Waals surface area contributed by atoms with Crippen molar-refractivity contribution in [3.63, 3.8) is 0 Å². The Balaban J connectivity index is 1.89. The first-order valence-electron chi connectivity index (χ1n) is 7.26. The minimum atomic E-state index is 0.636. The highest BCUT2D eigenvalue weighted by atomic mass is 16.5. The van der Waals surface area contributed by atoms with Gasteiger partial charge in [-0.05, 0) is 49.2 Å². The molecule has 0 spiro atoms. The second-order valence-electron chi connectivity index (χ2n) is 5.55. The molecule has 2 heterocycles. The molecule has 2 aromatic rings. The maximum absolute atomic E-state index is 5.14. The van der Waals surface area contributed by atoms with Crippen LogP contribution in [0.15, 0.2) is 36.5 Å². The van der Waals surface area contributed by atoms with Crippen LogP contribution in [0.1, 0.15) is 17.5 Å². The number of rotatable bonds is 3. The summed E-state index contributed by atoms with van der Waals surface area (Å²) in [7, 11) is 3.79. The monoisotopic (exact) mass is 283 g/mol. The SMILES string of the molecule is COc1ccn(-c2ccc(C3=CCN(C)CC3)cc2C)n1. The summed E-state index contributed by atoms with van der Waals surface area (Å²) in [6.45, 7) is 4.29. The number of likely N-dealkylation sites (N-methyl/N-ethyl adjacent to an activating group) is 1. The Hall–Kier alpha value is -2.07. The topological polar surface area (TPSA) is 30.3 Å². The molecule has 0 bridgehead atoms. The molecule has 0 saturated carbocycles. The first-order chi connectivity index (χ1) is 10.2. The van der Waals surface area contributed by atoms with Gasteiger partial charge in [0.15, 0.2) is 0 Å². The minimum absolute atomic E-state index is 0.636. The smallest absolute Gasteiger partial charge is 0.232 e. The van der Waals surface area contributed by atoms with Crippen LogP contribution in [0.4, 0.5) is 0 Å². The van der Waals surface area contributed by atoms with Crippen molar-refractivity contribution in [3.05, 3.63) is 47.7 Å². The Bertz CT molecular complexity index is 672. The molecule has 0 radical (unpaired) electrons. The fourth-order valence-corrected chi connectivity index (χ4v) is 2.70. The summed E-state index contributed by atoms with van der Waals surface area (Å²) in [6.07, 6.45) is 5.37. The lowest BCUT2D eigenvalue weighted by Crippen LogP contribution is -2.23. The molecule has 0 N–H and O–H groups in total. The van der Waals surface area contributed by atoms with E-state index in [-0.39, 0.29) is 0 Å². The highest BCUT2D eigenvalue weighted by molar-refractivity contribution is 5.68. The molecular formula is C17H21N3O. The number of aromatic nitrogens is 2. The fraction of sp³-hybridized carbons (Fsp3) is 0.353. The van der Waals surface area contributed by atoms with Crippen LogP contribution >= 0.6 is 0 Å². The van der Waals surface area contributed by atoms with E-state index in [4.69, 9.17) is 4.74 Å². The standard InChI is InChI=1S/C17H21N3O/c1-13-12-15(14-6-9-19(2)10-7-14)4-5-16(13)20-11-8-17(18-20)21-3/h4-6,8,11-12H,7,9-10H2,1-3H3. The van der Waals surface area contributed by atoms with E-state index in [9.17, 15) is 0 Å². The fourth-order valence-electron chi connectivity index (χ4n) is 2.70. The molecule has 3 rings (SSSR count). The van der Waals surface area contributed by atoms with Gasteiger partial charge in [-0.25, -0.2) is 4.68 Å². The van der Waals surface area contributed by atoms with Gasteiger partial charge in [0, 0.05) is 25.4 Å². The number of hydrogen-bond acceptors (Lipinski definition) is 3. The Morgan fingerprint density at radius 2 is 2.10 bits per heavy atom. The quantitative estimate of drug-likeness (QED) is 0.867. The number of methoxy groups -OCH3 is 1. The number of hydrogen-bond donors (Lipinski definition) is 0. The Labute approximate surface area is 125 Å². The molecule has 0 amide bonds. The van der Waals surface area contributed by atoms with Crippen LogP contribution in [0.3, 0.4) is 0 Å². The van der Waals surface area contributed by atoms with Crippen molar-refractivity contribution in [3.8, 4) is 11.6 Å². The molecule has 0 atom stereocenters. The first-order valence-corrected chi connectivity index (χ1v) is 7.26. The molecule has 1 aliphatic rings. The molecule has 110 valence electrons. The summed E-state index contributed by atoms with van der Waals surface area (Å²) in [5, 5.41) is 4.39. The summed E-state index contributed by atoms with van der Waals surface area (Å²) >= 11 is 0. The van der Waals surface area contributed by atoms with E-state index < -0.39 is 0 Å². The lowest BCUT2D eigenvalue weighted by atomic mass is 9.97. The van der Waals surface area contributed by atoms with E-state index in [1.807, 2.05) is 16.9 Å². The van der Waals surface area contributed by atoms with Crippen LogP contribution in [0, 0.1) is 6.92 Å². The Kier molecular flexibility index (Phi) is 3.80. The third-order valence-electron chi connectivity index (χ3n) is 4.00. The van der Waals surface area contributed by atoms with Crippen LogP contribution in [0.25, 0.3) is 11.3 Å². The number of ether oxygens (including phenoxy) is 1. The second kappa shape index (κ2) is 5.74. The Morgan fingerprint density at radius 1 is 1.24 bits per heavy atom. The second-order valence-corrected chi connectivity index (χ2v) is 5.55. The van der Waals surface area contributed by atoms with Crippen molar-refractivity contribution < 1.29 is 4.74 Å². The van der Waals surface area contributed by atoms with Gasteiger partial charge < -0.3 is 9.64 Å². The zero-order chi connectivity index (χ0) is 14.8. The minimum Gasteiger partial charge on any atom is -0.480 e. The van der Waals surface area contributed by atoms with Crippen LogP contribution in [0.2, 0.25) is 0 Å². The highest BCUT2D eigenvalue weighted by Gasteiger charge is 2.11. The molecule has 1 aliphatic heterocycles. The van der Waals surface area contributed by atoms with E-state index in [0.29, 0.717) is 5.88 Å². The lowest BCUT2D eigenvalue weighted by molar-refractivity contribution is 0.370. The van der Waals surface area contributed by atoms with Gasteiger partial charge in [0.05, 0.1) is 12.8 Å². The molecule has 4 heteroatoms. The van der Waals surface area contributed by atoms with E-state index in [2.05, 4.69) is 48.2 Å². The molecule has 0 aliphatic carbocycles. The van der Waals surface area contributed by atoms with Gasteiger partial charge in [-0.15, -0.1) is 5.10 Å². The largest absolute Gasteiger partial charge is 0.480 e. The third-order valence-corrected chi connectivity index (χ3v) is 4.00.